The number of para-hydroxylation sites is 2. The third kappa shape index (κ3) is 7.16. The molecule has 0 bridgehead atoms. The van der Waals surface area contributed by atoms with Crippen molar-refractivity contribution >= 4 is 17.6 Å². The molecule has 0 fully saturated rings. The number of anilines is 1. The van der Waals surface area contributed by atoms with Crippen LogP contribution in [0.1, 0.15) is 32.0 Å². The number of carbonyl (C=O) groups excluding carboxylic acids is 2. The summed E-state index contributed by atoms with van der Waals surface area (Å²) in [6.45, 7) is 8.48. The van der Waals surface area contributed by atoms with Crippen LogP contribution in [0.2, 0.25) is 0 Å². The van der Waals surface area contributed by atoms with Gasteiger partial charge in [-0.15, -0.1) is 0 Å². The Morgan fingerprint density at radius 3 is 2.40 bits per heavy atom. The smallest absolute Gasteiger partial charge is 0.261 e. The Morgan fingerprint density at radius 2 is 1.74 bits per heavy atom. The molecule has 0 spiro atoms. The van der Waals surface area contributed by atoms with E-state index >= 15 is 0 Å². The summed E-state index contributed by atoms with van der Waals surface area (Å²) >= 11 is 0. The van der Waals surface area contributed by atoms with Crippen molar-refractivity contribution in [2.45, 2.75) is 33.1 Å². The fourth-order valence-corrected chi connectivity index (χ4v) is 3.42. The Bertz CT molecular complexity index is 1140. The normalized spacial score (nSPS) is 11.2. The maximum absolute atomic E-state index is 13.1. The van der Waals surface area contributed by atoms with E-state index in [0.29, 0.717) is 18.2 Å². The first-order valence-electron chi connectivity index (χ1n) is 11.6. The molecule has 1 N–H and O–H groups in total. The first kappa shape index (κ1) is 26.0. The van der Waals surface area contributed by atoms with E-state index < -0.39 is 0 Å². The number of hydrogen-bond donors (Lipinski definition) is 1. The van der Waals surface area contributed by atoms with Gasteiger partial charge in [0.2, 0.25) is 5.91 Å². The summed E-state index contributed by atoms with van der Waals surface area (Å²) in [6.07, 6.45) is 0. The maximum atomic E-state index is 13.1. The van der Waals surface area contributed by atoms with Crippen LogP contribution in [-0.2, 0) is 19.7 Å². The van der Waals surface area contributed by atoms with Crippen LogP contribution in [0, 0.1) is 6.92 Å². The highest BCUT2D eigenvalue weighted by Gasteiger charge is 2.23. The monoisotopic (exact) mass is 478 g/mol. The Hall–Kier alpha value is -3.65. The van der Waals surface area contributed by atoms with E-state index in [1.807, 2.05) is 55.5 Å². The number of nitrogens with zero attached hydrogens (tertiary/aromatic N) is 3. The number of aryl methyl sites for hydroxylation is 1. The highest BCUT2D eigenvalue weighted by Crippen LogP contribution is 2.27. The molecule has 186 valence electrons. The van der Waals surface area contributed by atoms with E-state index in [4.69, 9.17) is 14.6 Å². The first-order valence-corrected chi connectivity index (χ1v) is 11.6. The molecule has 0 saturated carbocycles. The molecule has 0 saturated heterocycles. The molecule has 0 aliphatic heterocycles. The number of rotatable bonds is 10. The van der Waals surface area contributed by atoms with Crippen molar-refractivity contribution in [2.75, 3.05) is 38.7 Å². The van der Waals surface area contributed by atoms with Gasteiger partial charge in [-0.3, -0.25) is 9.59 Å². The largest absolute Gasteiger partial charge is 0.484 e. The van der Waals surface area contributed by atoms with E-state index in [1.165, 1.54) is 4.90 Å². The van der Waals surface area contributed by atoms with Gasteiger partial charge < -0.3 is 19.7 Å². The van der Waals surface area contributed by atoms with Gasteiger partial charge in [0.05, 0.1) is 18.0 Å². The summed E-state index contributed by atoms with van der Waals surface area (Å²) in [4.78, 5) is 27.3. The summed E-state index contributed by atoms with van der Waals surface area (Å²) in [5.74, 6) is 0.510. The van der Waals surface area contributed by atoms with Crippen molar-refractivity contribution in [3.8, 4) is 11.4 Å². The Kier molecular flexibility index (Phi) is 8.65. The minimum Gasteiger partial charge on any atom is -0.484 e. The number of nitrogens with one attached hydrogen (secondary N) is 1. The second-order valence-electron chi connectivity index (χ2n) is 9.32. The lowest BCUT2D eigenvalue weighted by Crippen LogP contribution is -2.42. The highest BCUT2D eigenvalue weighted by atomic mass is 16.5. The van der Waals surface area contributed by atoms with Gasteiger partial charge in [0, 0.05) is 25.1 Å². The summed E-state index contributed by atoms with van der Waals surface area (Å²) < 4.78 is 12.5. The molecule has 0 atom stereocenters. The Balaban J connectivity index is 1.76. The average molecular weight is 479 g/mol. The van der Waals surface area contributed by atoms with Gasteiger partial charge in [-0.2, -0.15) is 5.10 Å². The number of amides is 2. The average Bonchev–Trinajstić information content (AvgIpc) is 3.25. The van der Waals surface area contributed by atoms with Crippen molar-refractivity contribution < 1.29 is 19.1 Å². The van der Waals surface area contributed by atoms with E-state index in [-0.39, 0.29) is 36.9 Å². The number of methoxy groups -OCH3 is 1. The number of hydrogen-bond acceptors (Lipinski definition) is 5. The lowest BCUT2D eigenvalue weighted by molar-refractivity contribution is -0.137. The molecule has 35 heavy (non-hydrogen) atoms. The molecule has 1 aromatic heterocycles. The molecule has 8 heteroatoms. The summed E-state index contributed by atoms with van der Waals surface area (Å²) in [6, 6.07) is 18.8. The number of ether oxygens (including phenoxy) is 2. The second kappa shape index (κ2) is 11.7. The molecule has 2 aromatic carbocycles. The zero-order chi connectivity index (χ0) is 25.4. The minimum atomic E-state index is -0.329. The standard InChI is InChI=1S/C27H34N4O4/c1-20-11-9-10-14-22(20)31-24(17-23(29-31)27(2,3)4)28-25(32)18-30(15-16-34-5)26(33)19-35-21-12-7-6-8-13-21/h6-14,17H,15-16,18-19H2,1-5H3,(H,28,32). The minimum absolute atomic E-state index is 0.135. The van der Waals surface area contributed by atoms with Crippen LogP contribution in [0.25, 0.3) is 5.69 Å². The van der Waals surface area contributed by atoms with Crippen LogP contribution in [0.15, 0.2) is 60.7 Å². The van der Waals surface area contributed by atoms with Gasteiger partial charge >= 0.3 is 0 Å². The maximum Gasteiger partial charge on any atom is 0.261 e. The predicted molar refractivity (Wildman–Crippen MR) is 136 cm³/mol. The van der Waals surface area contributed by atoms with Crippen molar-refractivity contribution in [1.29, 1.82) is 0 Å². The predicted octanol–water partition coefficient (Wildman–Crippen LogP) is 3.97. The molecule has 0 radical (unpaired) electrons. The molecule has 3 aromatic rings. The summed E-state index contributed by atoms with van der Waals surface area (Å²) in [7, 11) is 1.55. The molecule has 2 amide bonds. The molecule has 1 heterocycles. The quantitative estimate of drug-likeness (QED) is 0.477. The van der Waals surface area contributed by atoms with Crippen LogP contribution in [0.5, 0.6) is 5.75 Å². The second-order valence-corrected chi connectivity index (χ2v) is 9.32. The van der Waals surface area contributed by atoms with Crippen LogP contribution >= 0.6 is 0 Å². The Labute approximate surface area is 206 Å². The van der Waals surface area contributed by atoms with Crippen LogP contribution in [0.4, 0.5) is 5.82 Å². The van der Waals surface area contributed by atoms with Gasteiger partial charge in [-0.25, -0.2) is 4.68 Å². The van der Waals surface area contributed by atoms with Crippen LogP contribution in [-0.4, -0.2) is 59.9 Å². The molecule has 0 aliphatic carbocycles. The van der Waals surface area contributed by atoms with E-state index in [1.54, 1.807) is 23.9 Å². The number of carbonyl (C=O) groups is 2. The third-order valence-corrected chi connectivity index (χ3v) is 5.45. The molecule has 0 aliphatic rings. The third-order valence-electron chi connectivity index (χ3n) is 5.45. The number of benzene rings is 2. The molecule has 0 unspecified atom stereocenters. The van der Waals surface area contributed by atoms with Gasteiger partial charge in [-0.05, 0) is 30.7 Å². The van der Waals surface area contributed by atoms with Crippen LogP contribution in [0.3, 0.4) is 0 Å². The van der Waals surface area contributed by atoms with Crippen molar-refractivity contribution in [2.24, 2.45) is 0 Å². The van der Waals surface area contributed by atoms with Gasteiger partial charge in [0.1, 0.15) is 18.1 Å². The van der Waals surface area contributed by atoms with Crippen molar-refractivity contribution in [3.63, 3.8) is 0 Å². The molecule has 8 nitrogen and oxygen atoms in total. The zero-order valence-corrected chi connectivity index (χ0v) is 21.1. The van der Waals surface area contributed by atoms with E-state index in [9.17, 15) is 9.59 Å². The fraction of sp³-hybridized carbons (Fsp3) is 0.370. The van der Waals surface area contributed by atoms with Gasteiger partial charge in [0.15, 0.2) is 6.61 Å². The number of aromatic nitrogens is 2. The molecular weight excluding hydrogens is 444 g/mol. The lowest BCUT2D eigenvalue weighted by atomic mass is 9.92. The van der Waals surface area contributed by atoms with E-state index in [0.717, 1.165) is 16.9 Å². The van der Waals surface area contributed by atoms with Crippen molar-refractivity contribution in [1.82, 2.24) is 14.7 Å². The van der Waals surface area contributed by atoms with Gasteiger partial charge in [0.25, 0.3) is 5.91 Å². The zero-order valence-electron chi connectivity index (χ0n) is 21.1. The highest BCUT2D eigenvalue weighted by molar-refractivity contribution is 5.94. The first-order chi connectivity index (χ1) is 16.7. The molecule has 3 rings (SSSR count). The fourth-order valence-electron chi connectivity index (χ4n) is 3.42. The lowest BCUT2D eigenvalue weighted by Gasteiger charge is -2.22. The van der Waals surface area contributed by atoms with E-state index in [2.05, 4.69) is 26.1 Å². The van der Waals surface area contributed by atoms with Gasteiger partial charge in [-0.1, -0.05) is 57.2 Å². The SMILES string of the molecule is COCCN(CC(=O)Nc1cc(C(C)(C)C)nn1-c1ccccc1C)C(=O)COc1ccccc1. The Morgan fingerprint density at radius 1 is 1.06 bits per heavy atom. The summed E-state index contributed by atoms with van der Waals surface area (Å²) in [5.41, 5.74) is 2.55. The topological polar surface area (TPSA) is 85.7 Å². The molecular formula is C27H34N4O4. The van der Waals surface area contributed by atoms with Crippen molar-refractivity contribution in [3.05, 3.63) is 71.9 Å². The van der Waals surface area contributed by atoms with Crippen LogP contribution < -0.4 is 10.1 Å². The summed E-state index contributed by atoms with van der Waals surface area (Å²) in [5, 5.41) is 7.72.